The van der Waals surface area contributed by atoms with E-state index in [2.05, 4.69) is 15.9 Å². The molecule has 1 N–H and O–H groups in total. The van der Waals surface area contributed by atoms with Gasteiger partial charge < -0.3 is 5.11 Å². The minimum absolute atomic E-state index is 0.0974. The minimum atomic E-state index is -4.24. The first-order chi connectivity index (χ1) is 8.29. The van der Waals surface area contributed by atoms with Crippen LogP contribution in [0.3, 0.4) is 0 Å². The molecule has 0 atom stereocenters. The number of alkyl halides is 3. The van der Waals surface area contributed by atoms with Crippen LogP contribution in [-0.2, 0) is 0 Å². The molecule has 0 radical (unpaired) electrons. The number of aromatic carboxylic acids is 1. The van der Waals surface area contributed by atoms with Crippen molar-refractivity contribution in [3.8, 4) is 0 Å². The summed E-state index contributed by atoms with van der Waals surface area (Å²) in [4.78, 5) is 11.4. The zero-order valence-electron chi connectivity index (χ0n) is 8.83. The van der Waals surface area contributed by atoms with Crippen LogP contribution in [0.25, 0.3) is 0 Å². The van der Waals surface area contributed by atoms with Crippen molar-refractivity contribution in [2.24, 2.45) is 0 Å². The molecule has 0 heterocycles. The lowest BCUT2D eigenvalue weighted by atomic mass is 10.2. The summed E-state index contributed by atoms with van der Waals surface area (Å²) in [6, 6.07) is 4.59. The Labute approximate surface area is 118 Å². The Kier molecular flexibility index (Phi) is 5.87. The van der Waals surface area contributed by atoms with E-state index in [1.54, 1.807) is 12.1 Å². The third-order valence-electron chi connectivity index (χ3n) is 1.78. The number of thioether (sulfide) groups is 2. The van der Waals surface area contributed by atoms with Crippen LogP contribution in [0.5, 0.6) is 0 Å². The van der Waals surface area contributed by atoms with Gasteiger partial charge in [-0.25, -0.2) is 4.79 Å². The number of halogens is 4. The summed E-state index contributed by atoms with van der Waals surface area (Å²) in [5.41, 5.74) is -4.15. The monoisotopic (exact) mass is 360 g/mol. The summed E-state index contributed by atoms with van der Waals surface area (Å²) in [7, 11) is 0. The van der Waals surface area contributed by atoms with Gasteiger partial charge >= 0.3 is 11.5 Å². The molecule has 0 aromatic heterocycles. The van der Waals surface area contributed by atoms with Crippen molar-refractivity contribution >= 4 is 45.4 Å². The number of carboxylic acid groups (broad SMARTS) is 1. The standard InChI is InChI=1S/C10H8BrF3O2S2/c11-6-1-2-7(9(15)16)8(5-6)17-3-4-18-10(12,13)14/h1-2,5H,3-4H2,(H,15,16). The van der Waals surface area contributed by atoms with Crippen LogP contribution >= 0.6 is 39.5 Å². The zero-order chi connectivity index (χ0) is 13.8. The van der Waals surface area contributed by atoms with Crippen molar-refractivity contribution < 1.29 is 23.1 Å². The highest BCUT2D eigenvalue weighted by molar-refractivity contribution is 9.10. The number of hydrogen-bond donors (Lipinski definition) is 1. The van der Waals surface area contributed by atoms with Crippen LogP contribution in [0.2, 0.25) is 0 Å². The van der Waals surface area contributed by atoms with Gasteiger partial charge in [0.25, 0.3) is 0 Å². The highest BCUT2D eigenvalue weighted by Crippen LogP contribution is 2.32. The molecule has 0 saturated heterocycles. The number of carboxylic acids is 1. The van der Waals surface area contributed by atoms with E-state index in [0.29, 0.717) is 9.37 Å². The number of hydrogen-bond acceptors (Lipinski definition) is 3. The predicted molar refractivity (Wildman–Crippen MR) is 70.3 cm³/mol. The van der Waals surface area contributed by atoms with Gasteiger partial charge in [-0.1, -0.05) is 27.7 Å². The fourth-order valence-corrected chi connectivity index (χ4v) is 3.25. The van der Waals surface area contributed by atoms with Crippen LogP contribution in [-0.4, -0.2) is 28.1 Å². The topological polar surface area (TPSA) is 37.3 Å². The molecular weight excluding hydrogens is 353 g/mol. The van der Waals surface area contributed by atoms with Gasteiger partial charge in [0.2, 0.25) is 0 Å². The van der Waals surface area contributed by atoms with Gasteiger partial charge in [-0.05, 0) is 18.2 Å². The van der Waals surface area contributed by atoms with Crippen molar-refractivity contribution in [2.75, 3.05) is 11.5 Å². The van der Waals surface area contributed by atoms with E-state index in [9.17, 15) is 18.0 Å². The smallest absolute Gasteiger partial charge is 0.441 e. The summed E-state index contributed by atoms with van der Waals surface area (Å²) in [6.45, 7) is 0. The fraction of sp³-hybridized carbons (Fsp3) is 0.300. The number of benzene rings is 1. The summed E-state index contributed by atoms with van der Waals surface area (Å²) in [5.74, 6) is -1.01. The second-order valence-corrected chi connectivity index (χ2v) is 6.30. The average molecular weight is 361 g/mol. The minimum Gasteiger partial charge on any atom is -0.478 e. The molecule has 0 aliphatic rings. The van der Waals surface area contributed by atoms with Gasteiger partial charge in [-0.3, -0.25) is 0 Å². The molecule has 1 aromatic carbocycles. The van der Waals surface area contributed by atoms with E-state index < -0.39 is 11.5 Å². The lowest BCUT2D eigenvalue weighted by molar-refractivity contribution is -0.0326. The molecular formula is C10H8BrF3O2S2. The highest BCUT2D eigenvalue weighted by Gasteiger charge is 2.27. The Balaban J connectivity index is 2.61. The number of rotatable bonds is 5. The van der Waals surface area contributed by atoms with E-state index >= 15 is 0 Å². The van der Waals surface area contributed by atoms with Gasteiger partial charge in [-0.15, -0.1) is 11.8 Å². The molecule has 0 aliphatic heterocycles. The van der Waals surface area contributed by atoms with Gasteiger partial charge in [0.1, 0.15) is 0 Å². The van der Waals surface area contributed by atoms with Gasteiger partial charge in [0.15, 0.2) is 0 Å². The maximum Gasteiger partial charge on any atom is 0.441 e. The maximum absolute atomic E-state index is 11.9. The largest absolute Gasteiger partial charge is 0.478 e. The van der Waals surface area contributed by atoms with Crippen molar-refractivity contribution in [3.05, 3.63) is 28.2 Å². The van der Waals surface area contributed by atoms with E-state index in [1.165, 1.54) is 6.07 Å². The second kappa shape index (κ2) is 6.72. The Hall–Kier alpha value is -0.340. The third-order valence-corrected chi connectivity index (χ3v) is 4.32. The van der Waals surface area contributed by atoms with E-state index in [0.717, 1.165) is 11.8 Å². The highest BCUT2D eigenvalue weighted by atomic mass is 79.9. The molecule has 0 saturated carbocycles. The fourth-order valence-electron chi connectivity index (χ4n) is 1.10. The summed E-state index contributed by atoms with van der Waals surface area (Å²) >= 11 is 4.18. The first-order valence-electron chi connectivity index (χ1n) is 4.66. The maximum atomic E-state index is 11.9. The Morgan fingerprint density at radius 1 is 1.33 bits per heavy atom. The van der Waals surface area contributed by atoms with Crippen LogP contribution in [0.15, 0.2) is 27.6 Å². The van der Waals surface area contributed by atoms with Gasteiger partial charge in [-0.2, -0.15) is 13.2 Å². The van der Waals surface area contributed by atoms with Crippen molar-refractivity contribution in [1.82, 2.24) is 0 Å². The van der Waals surface area contributed by atoms with Crippen LogP contribution in [0, 0.1) is 0 Å². The average Bonchev–Trinajstić information content (AvgIpc) is 2.22. The third kappa shape index (κ3) is 5.53. The lowest BCUT2D eigenvalue weighted by Gasteiger charge is -2.07. The van der Waals surface area contributed by atoms with Crippen LogP contribution in [0.4, 0.5) is 13.2 Å². The molecule has 1 rings (SSSR count). The summed E-state index contributed by atoms with van der Waals surface area (Å²) < 4.78 is 36.4. The molecule has 8 heteroatoms. The molecule has 18 heavy (non-hydrogen) atoms. The molecule has 0 spiro atoms. The molecule has 1 aromatic rings. The number of carbonyl (C=O) groups is 1. The Morgan fingerprint density at radius 2 is 2.00 bits per heavy atom. The molecule has 0 fully saturated rings. The van der Waals surface area contributed by atoms with E-state index in [4.69, 9.17) is 5.11 Å². The zero-order valence-corrected chi connectivity index (χ0v) is 12.0. The first kappa shape index (κ1) is 15.7. The first-order valence-corrected chi connectivity index (χ1v) is 7.42. The Bertz CT molecular complexity index is 438. The lowest BCUT2D eigenvalue weighted by Crippen LogP contribution is -2.03. The molecule has 0 amide bonds. The van der Waals surface area contributed by atoms with Crippen molar-refractivity contribution in [3.63, 3.8) is 0 Å². The summed E-state index contributed by atoms with van der Waals surface area (Å²) in [5, 5.41) is 8.93. The normalized spacial score (nSPS) is 11.6. The van der Waals surface area contributed by atoms with E-state index in [-0.39, 0.29) is 28.8 Å². The Morgan fingerprint density at radius 3 is 2.56 bits per heavy atom. The molecule has 100 valence electrons. The predicted octanol–water partition coefficient (Wildman–Crippen LogP) is 4.49. The van der Waals surface area contributed by atoms with Gasteiger partial charge in [0.05, 0.1) is 5.56 Å². The SMILES string of the molecule is O=C(O)c1ccc(Br)cc1SCCSC(F)(F)F. The van der Waals surface area contributed by atoms with Crippen molar-refractivity contribution in [2.45, 2.75) is 10.4 Å². The van der Waals surface area contributed by atoms with Crippen LogP contribution in [0.1, 0.15) is 10.4 Å². The molecule has 0 aliphatic carbocycles. The molecule has 0 bridgehead atoms. The molecule has 0 unspecified atom stereocenters. The van der Waals surface area contributed by atoms with E-state index in [1.807, 2.05) is 0 Å². The molecule has 2 nitrogen and oxygen atoms in total. The second-order valence-electron chi connectivity index (χ2n) is 3.09. The quantitative estimate of drug-likeness (QED) is 0.619. The van der Waals surface area contributed by atoms with Crippen molar-refractivity contribution in [1.29, 1.82) is 0 Å². The summed E-state index contributed by atoms with van der Waals surface area (Å²) in [6.07, 6.45) is 0. The van der Waals surface area contributed by atoms with Gasteiger partial charge in [0, 0.05) is 20.9 Å². The van der Waals surface area contributed by atoms with Crippen LogP contribution < -0.4 is 0 Å².